The molecule has 5 nitrogen and oxygen atoms in total. The Morgan fingerprint density at radius 2 is 1.93 bits per heavy atom. The van der Waals surface area contributed by atoms with Crippen LogP contribution in [0.1, 0.15) is 5.56 Å². The molecule has 14 heavy (non-hydrogen) atoms. The van der Waals surface area contributed by atoms with Gasteiger partial charge in [0.25, 0.3) is 0 Å². The molecule has 76 valence electrons. The molecule has 0 bridgehead atoms. The maximum absolute atomic E-state index is 8.83. The van der Waals surface area contributed by atoms with Gasteiger partial charge in [0.15, 0.2) is 0 Å². The molecule has 1 aromatic rings. The molecule has 0 spiro atoms. The molecular weight excluding hydrogens is 182 g/mol. The SMILES string of the molecule is OCc1cnc(N2CCOCC2)nc1. The summed E-state index contributed by atoms with van der Waals surface area (Å²) in [5.41, 5.74) is 0.738. The van der Waals surface area contributed by atoms with Crippen LogP contribution in [-0.4, -0.2) is 41.4 Å². The summed E-state index contributed by atoms with van der Waals surface area (Å²) < 4.78 is 5.23. The standard InChI is InChI=1S/C9H13N3O2/c13-7-8-5-10-9(11-6-8)12-1-3-14-4-2-12/h5-6,13H,1-4,7H2. The number of aliphatic hydroxyl groups is 1. The highest BCUT2D eigenvalue weighted by molar-refractivity contribution is 5.30. The molecule has 1 aliphatic heterocycles. The molecule has 2 rings (SSSR count). The second-order valence-corrected chi connectivity index (χ2v) is 3.15. The number of morpholine rings is 1. The highest BCUT2D eigenvalue weighted by Crippen LogP contribution is 2.08. The van der Waals surface area contributed by atoms with E-state index in [2.05, 4.69) is 14.9 Å². The lowest BCUT2D eigenvalue weighted by molar-refractivity contribution is 0.122. The molecule has 0 radical (unpaired) electrons. The van der Waals surface area contributed by atoms with Crippen LogP contribution in [-0.2, 0) is 11.3 Å². The fourth-order valence-electron chi connectivity index (χ4n) is 1.36. The summed E-state index contributed by atoms with van der Waals surface area (Å²) >= 11 is 0. The molecule has 5 heteroatoms. The van der Waals surface area contributed by atoms with E-state index in [1.165, 1.54) is 0 Å². The van der Waals surface area contributed by atoms with Crippen molar-refractivity contribution in [3.05, 3.63) is 18.0 Å². The number of hydrogen-bond donors (Lipinski definition) is 1. The van der Waals surface area contributed by atoms with Gasteiger partial charge in [0.2, 0.25) is 5.95 Å². The largest absolute Gasteiger partial charge is 0.392 e. The molecule has 2 heterocycles. The molecule has 0 aliphatic carbocycles. The van der Waals surface area contributed by atoms with Crippen molar-refractivity contribution in [2.24, 2.45) is 0 Å². The first kappa shape index (κ1) is 9.36. The molecule has 1 N–H and O–H groups in total. The molecule has 0 saturated carbocycles. The minimum Gasteiger partial charge on any atom is -0.392 e. The first-order valence-electron chi connectivity index (χ1n) is 4.64. The maximum Gasteiger partial charge on any atom is 0.225 e. The minimum atomic E-state index is -0.0105. The lowest BCUT2D eigenvalue weighted by Gasteiger charge is -2.26. The molecule has 0 atom stereocenters. The number of rotatable bonds is 2. The van der Waals surface area contributed by atoms with Crippen LogP contribution in [0.5, 0.6) is 0 Å². The van der Waals surface area contributed by atoms with Gasteiger partial charge >= 0.3 is 0 Å². The van der Waals surface area contributed by atoms with E-state index in [1.807, 2.05) is 0 Å². The molecule has 1 aromatic heterocycles. The number of anilines is 1. The lowest BCUT2D eigenvalue weighted by Crippen LogP contribution is -2.37. The summed E-state index contributed by atoms with van der Waals surface area (Å²) in [4.78, 5) is 10.4. The van der Waals surface area contributed by atoms with Gasteiger partial charge in [-0.3, -0.25) is 0 Å². The predicted octanol–water partition coefficient (Wildman–Crippen LogP) is -0.195. The van der Waals surface area contributed by atoms with Crippen LogP contribution in [0.3, 0.4) is 0 Å². The van der Waals surface area contributed by atoms with Gasteiger partial charge in [-0.2, -0.15) is 0 Å². The third-order valence-electron chi connectivity index (χ3n) is 2.17. The van der Waals surface area contributed by atoms with E-state index in [4.69, 9.17) is 9.84 Å². The maximum atomic E-state index is 8.83. The van der Waals surface area contributed by atoms with Crippen LogP contribution in [0.15, 0.2) is 12.4 Å². The average molecular weight is 195 g/mol. The van der Waals surface area contributed by atoms with Crippen molar-refractivity contribution < 1.29 is 9.84 Å². The number of nitrogens with zero attached hydrogens (tertiary/aromatic N) is 3. The monoisotopic (exact) mass is 195 g/mol. The van der Waals surface area contributed by atoms with E-state index >= 15 is 0 Å². The Morgan fingerprint density at radius 3 is 2.50 bits per heavy atom. The predicted molar refractivity (Wildman–Crippen MR) is 51.0 cm³/mol. The molecular formula is C9H13N3O2. The van der Waals surface area contributed by atoms with Crippen LogP contribution in [0.25, 0.3) is 0 Å². The second kappa shape index (κ2) is 4.34. The van der Waals surface area contributed by atoms with Crippen LogP contribution < -0.4 is 4.90 Å². The van der Waals surface area contributed by atoms with Crippen LogP contribution >= 0.6 is 0 Å². The first-order valence-corrected chi connectivity index (χ1v) is 4.64. The molecule has 0 unspecified atom stereocenters. The van der Waals surface area contributed by atoms with Gasteiger partial charge < -0.3 is 14.7 Å². The van der Waals surface area contributed by atoms with Gasteiger partial charge in [-0.25, -0.2) is 9.97 Å². The Morgan fingerprint density at radius 1 is 1.29 bits per heavy atom. The molecule has 0 amide bonds. The van der Waals surface area contributed by atoms with Gasteiger partial charge in [-0.15, -0.1) is 0 Å². The number of aliphatic hydroxyl groups excluding tert-OH is 1. The number of ether oxygens (including phenoxy) is 1. The quantitative estimate of drug-likeness (QED) is 0.708. The Hall–Kier alpha value is -1.20. The summed E-state index contributed by atoms with van der Waals surface area (Å²) in [5.74, 6) is 0.713. The lowest BCUT2D eigenvalue weighted by atomic mass is 10.4. The van der Waals surface area contributed by atoms with E-state index in [-0.39, 0.29) is 6.61 Å². The van der Waals surface area contributed by atoms with Crippen molar-refractivity contribution in [3.63, 3.8) is 0 Å². The fourth-order valence-corrected chi connectivity index (χ4v) is 1.36. The van der Waals surface area contributed by atoms with E-state index < -0.39 is 0 Å². The van der Waals surface area contributed by atoms with Crippen molar-refractivity contribution in [2.45, 2.75) is 6.61 Å². The fraction of sp³-hybridized carbons (Fsp3) is 0.556. The normalized spacial score (nSPS) is 17.1. The summed E-state index contributed by atoms with van der Waals surface area (Å²) in [5, 5.41) is 8.83. The molecule has 0 aromatic carbocycles. The third kappa shape index (κ3) is 2.00. The smallest absolute Gasteiger partial charge is 0.225 e. The summed E-state index contributed by atoms with van der Waals surface area (Å²) in [7, 11) is 0. The van der Waals surface area contributed by atoms with Gasteiger partial charge in [0.05, 0.1) is 19.8 Å². The number of hydrogen-bond acceptors (Lipinski definition) is 5. The summed E-state index contributed by atoms with van der Waals surface area (Å²) in [6.45, 7) is 3.11. The zero-order chi connectivity index (χ0) is 9.80. The van der Waals surface area contributed by atoms with E-state index in [0.29, 0.717) is 5.95 Å². The number of aromatic nitrogens is 2. The van der Waals surface area contributed by atoms with Crippen molar-refractivity contribution in [3.8, 4) is 0 Å². The van der Waals surface area contributed by atoms with Crippen LogP contribution in [0.2, 0.25) is 0 Å². The Balaban J connectivity index is 2.07. The summed E-state index contributed by atoms with van der Waals surface area (Å²) in [6, 6.07) is 0. The highest BCUT2D eigenvalue weighted by Gasteiger charge is 2.12. The van der Waals surface area contributed by atoms with Crippen molar-refractivity contribution in [1.29, 1.82) is 0 Å². The van der Waals surface area contributed by atoms with Gasteiger partial charge in [-0.1, -0.05) is 0 Å². The third-order valence-corrected chi connectivity index (χ3v) is 2.17. The van der Waals surface area contributed by atoms with Crippen molar-refractivity contribution in [1.82, 2.24) is 9.97 Å². The zero-order valence-electron chi connectivity index (χ0n) is 7.89. The van der Waals surface area contributed by atoms with Crippen LogP contribution in [0, 0.1) is 0 Å². The van der Waals surface area contributed by atoms with Gasteiger partial charge in [0, 0.05) is 31.0 Å². The minimum absolute atomic E-state index is 0.0105. The first-order chi connectivity index (χ1) is 6.90. The second-order valence-electron chi connectivity index (χ2n) is 3.15. The average Bonchev–Trinajstić information content (AvgIpc) is 2.30. The van der Waals surface area contributed by atoms with E-state index in [9.17, 15) is 0 Å². The van der Waals surface area contributed by atoms with E-state index in [1.54, 1.807) is 12.4 Å². The molecule has 1 aliphatic rings. The van der Waals surface area contributed by atoms with Gasteiger partial charge in [-0.05, 0) is 0 Å². The molecule has 1 fully saturated rings. The van der Waals surface area contributed by atoms with Crippen molar-refractivity contribution >= 4 is 5.95 Å². The zero-order valence-corrected chi connectivity index (χ0v) is 7.89. The van der Waals surface area contributed by atoms with Crippen molar-refractivity contribution in [2.75, 3.05) is 31.2 Å². The highest BCUT2D eigenvalue weighted by atomic mass is 16.5. The topological polar surface area (TPSA) is 58.5 Å². The Kier molecular flexibility index (Phi) is 2.90. The van der Waals surface area contributed by atoms with Crippen LogP contribution in [0.4, 0.5) is 5.95 Å². The van der Waals surface area contributed by atoms with E-state index in [0.717, 1.165) is 31.9 Å². The molecule has 1 saturated heterocycles. The Bertz CT molecular complexity index is 283. The summed E-state index contributed by atoms with van der Waals surface area (Å²) in [6.07, 6.45) is 3.30. The van der Waals surface area contributed by atoms with Gasteiger partial charge in [0.1, 0.15) is 0 Å². The Labute approximate surface area is 82.4 Å².